The lowest BCUT2D eigenvalue weighted by Crippen LogP contribution is -2.22. The van der Waals surface area contributed by atoms with Crippen LogP contribution >= 0.6 is 0 Å². The van der Waals surface area contributed by atoms with E-state index in [-0.39, 0.29) is 29.6 Å². The van der Waals surface area contributed by atoms with Crippen LogP contribution in [0.3, 0.4) is 0 Å². The molecule has 5 nitrogen and oxygen atoms in total. The molecule has 1 aliphatic carbocycles. The summed E-state index contributed by atoms with van der Waals surface area (Å²) in [4.78, 5) is 26.2. The number of carbonyl (C=O) groups excluding carboxylic acids is 2. The van der Waals surface area contributed by atoms with Gasteiger partial charge in [-0.3, -0.25) is 14.8 Å². The Kier molecular flexibility index (Phi) is 3.81. The summed E-state index contributed by atoms with van der Waals surface area (Å²) in [7, 11) is 0. The standard InChI is InChI=1S/C20H20N2O3/c1-2-22-11-14-10-13(8-9-15(14)20(22)24)17-16(18(17)19(23)21-25)12-6-4-3-5-7-12/h3-10,16-18,25H,2,11H2,1H3,(H,21,23)/t16-,17-,18-/m1/s1. The molecular formula is C20H20N2O3. The fourth-order valence-electron chi connectivity index (χ4n) is 4.08. The van der Waals surface area contributed by atoms with Crippen molar-refractivity contribution in [1.82, 2.24) is 10.4 Å². The van der Waals surface area contributed by atoms with Gasteiger partial charge in [-0.1, -0.05) is 42.5 Å². The molecule has 3 atom stereocenters. The maximum atomic E-state index is 12.3. The lowest BCUT2D eigenvalue weighted by molar-refractivity contribution is -0.130. The van der Waals surface area contributed by atoms with E-state index in [1.54, 1.807) is 5.48 Å². The SMILES string of the molecule is CCN1Cc2cc([C@H]3[C@H](C(=O)NO)[C@@H]3c3ccccc3)ccc2C1=O. The first-order valence-corrected chi connectivity index (χ1v) is 8.56. The van der Waals surface area contributed by atoms with Gasteiger partial charge in [0.1, 0.15) is 0 Å². The highest BCUT2D eigenvalue weighted by atomic mass is 16.5. The number of hydrogen-bond acceptors (Lipinski definition) is 3. The molecule has 1 heterocycles. The van der Waals surface area contributed by atoms with Crippen LogP contribution < -0.4 is 5.48 Å². The average Bonchev–Trinajstić information content (AvgIpc) is 3.33. The predicted octanol–water partition coefficient (Wildman–Crippen LogP) is 2.66. The van der Waals surface area contributed by atoms with Gasteiger partial charge in [0.05, 0.1) is 5.92 Å². The lowest BCUT2D eigenvalue weighted by atomic mass is 10.0. The molecule has 25 heavy (non-hydrogen) atoms. The average molecular weight is 336 g/mol. The molecule has 128 valence electrons. The maximum Gasteiger partial charge on any atom is 0.254 e. The number of hydroxylamine groups is 1. The van der Waals surface area contributed by atoms with Crippen molar-refractivity contribution >= 4 is 11.8 Å². The van der Waals surface area contributed by atoms with Gasteiger partial charge in [0.15, 0.2) is 0 Å². The lowest BCUT2D eigenvalue weighted by Gasteiger charge is -2.10. The molecule has 0 spiro atoms. The van der Waals surface area contributed by atoms with E-state index in [4.69, 9.17) is 5.21 Å². The Hall–Kier alpha value is -2.66. The topological polar surface area (TPSA) is 69.6 Å². The molecular weight excluding hydrogens is 316 g/mol. The molecule has 0 radical (unpaired) electrons. The molecule has 0 bridgehead atoms. The molecule has 2 aromatic carbocycles. The molecule has 2 amide bonds. The Balaban J connectivity index is 1.67. The summed E-state index contributed by atoms with van der Waals surface area (Å²) in [5, 5.41) is 9.08. The second-order valence-electron chi connectivity index (χ2n) is 6.70. The Morgan fingerprint density at radius 3 is 2.56 bits per heavy atom. The van der Waals surface area contributed by atoms with Gasteiger partial charge in [-0.15, -0.1) is 0 Å². The first kappa shape index (κ1) is 15.8. The van der Waals surface area contributed by atoms with Crippen molar-refractivity contribution in [2.75, 3.05) is 6.54 Å². The second kappa shape index (κ2) is 6.01. The van der Waals surface area contributed by atoms with Gasteiger partial charge >= 0.3 is 0 Å². The minimum atomic E-state index is -0.356. The van der Waals surface area contributed by atoms with Crippen LogP contribution in [0.5, 0.6) is 0 Å². The summed E-state index contributed by atoms with van der Waals surface area (Å²) in [6.07, 6.45) is 0. The van der Waals surface area contributed by atoms with Gasteiger partial charge in [0.2, 0.25) is 5.91 Å². The number of nitrogens with one attached hydrogen (secondary N) is 1. The highest BCUT2D eigenvalue weighted by Crippen LogP contribution is 2.60. The molecule has 1 aliphatic heterocycles. The van der Waals surface area contributed by atoms with Gasteiger partial charge < -0.3 is 4.90 Å². The minimum absolute atomic E-state index is 0.0191. The van der Waals surface area contributed by atoms with Crippen molar-refractivity contribution in [3.63, 3.8) is 0 Å². The van der Waals surface area contributed by atoms with Crippen LogP contribution in [-0.2, 0) is 11.3 Å². The summed E-state index contributed by atoms with van der Waals surface area (Å²) in [5.74, 6) is -0.504. The van der Waals surface area contributed by atoms with Crippen LogP contribution in [0.1, 0.15) is 45.8 Å². The fraction of sp³-hybridized carbons (Fsp3) is 0.300. The Morgan fingerprint density at radius 2 is 1.88 bits per heavy atom. The quantitative estimate of drug-likeness (QED) is 0.666. The van der Waals surface area contributed by atoms with E-state index < -0.39 is 0 Å². The van der Waals surface area contributed by atoms with Gasteiger partial charge in [0, 0.05) is 30.5 Å². The van der Waals surface area contributed by atoms with Crippen LogP contribution in [0.25, 0.3) is 0 Å². The molecule has 2 N–H and O–H groups in total. The fourth-order valence-corrected chi connectivity index (χ4v) is 4.08. The molecule has 0 aromatic heterocycles. The van der Waals surface area contributed by atoms with E-state index in [1.807, 2.05) is 60.4 Å². The van der Waals surface area contributed by atoms with Gasteiger partial charge in [-0.05, 0) is 29.7 Å². The summed E-state index contributed by atoms with van der Waals surface area (Å²) < 4.78 is 0. The summed E-state index contributed by atoms with van der Waals surface area (Å²) in [6, 6.07) is 15.8. The van der Waals surface area contributed by atoms with Crippen molar-refractivity contribution < 1.29 is 14.8 Å². The van der Waals surface area contributed by atoms with Crippen molar-refractivity contribution in [3.8, 4) is 0 Å². The molecule has 0 saturated heterocycles. The zero-order valence-corrected chi connectivity index (χ0v) is 14.0. The highest BCUT2D eigenvalue weighted by molar-refractivity contribution is 5.98. The van der Waals surface area contributed by atoms with Gasteiger partial charge in [0.25, 0.3) is 5.91 Å². The third-order valence-electron chi connectivity index (χ3n) is 5.39. The van der Waals surface area contributed by atoms with E-state index in [0.29, 0.717) is 13.1 Å². The maximum absolute atomic E-state index is 12.3. The van der Waals surface area contributed by atoms with E-state index in [9.17, 15) is 9.59 Å². The van der Waals surface area contributed by atoms with Crippen LogP contribution in [-0.4, -0.2) is 28.5 Å². The zero-order chi connectivity index (χ0) is 17.6. The number of hydrogen-bond donors (Lipinski definition) is 2. The Bertz CT molecular complexity index is 834. The molecule has 2 aromatic rings. The molecule has 1 saturated carbocycles. The second-order valence-corrected chi connectivity index (χ2v) is 6.70. The molecule has 1 fully saturated rings. The normalized spacial score (nSPS) is 24.2. The van der Waals surface area contributed by atoms with Crippen LogP contribution in [0.15, 0.2) is 48.5 Å². The van der Waals surface area contributed by atoms with Crippen molar-refractivity contribution in [3.05, 3.63) is 70.8 Å². The molecule has 5 heteroatoms. The Morgan fingerprint density at radius 1 is 1.16 bits per heavy atom. The summed E-state index contributed by atoms with van der Waals surface area (Å²) in [5.41, 5.74) is 5.71. The van der Waals surface area contributed by atoms with Crippen LogP contribution in [0.4, 0.5) is 0 Å². The molecule has 2 aliphatic rings. The van der Waals surface area contributed by atoms with Gasteiger partial charge in [-0.2, -0.15) is 0 Å². The van der Waals surface area contributed by atoms with Crippen molar-refractivity contribution in [2.45, 2.75) is 25.3 Å². The first-order valence-electron chi connectivity index (χ1n) is 8.56. The monoisotopic (exact) mass is 336 g/mol. The zero-order valence-electron chi connectivity index (χ0n) is 14.0. The predicted molar refractivity (Wildman–Crippen MR) is 92.2 cm³/mol. The first-order chi connectivity index (χ1) is 12.2. The largest absolute Gasteiger partial charge is 0.335 e. The highest BCUT2D eigenvalue weighted by Gasteiger charge is 2.56. The third-order valence-corrected chi connectivity index (χ3v) is 5.39. The number of benzene rings is 2. The minimum Gasteiger partial charge on any atom is -0.335 e. The van der Waals surface area contributed by atoms with Gasteiger partial charge in [-0.25, -0.2) is 5.48 Å². The number of rotatable bonds is 4. The number of fused-ring (bicyclic) bond motifs is 1. The van der Waals surface area contributed by atoms with Crippen LogP contribution in [0, 0.1) is 5.92 Å². The smallest absolute Gasteiger partial charge is 0.254 e. The molecule has 0 unspecified atom stereocenters. The van der Waals surface area contributed by atoms with E-state index >= 15 is 0 Å². The van der Waals surface area contributed by atoms with E-state index in [1.165, 1.54) is 0 Å². The van der Waals surface area contributed by atoms with E-state index in [2.05, 4.69) is 0 Å². The number of nitrogens with zero attached hydrogens (tertiary/aromatic N) is 1. The van der Waals surface area contributed by atoms with Crippen molar-refractivity contribution in [2.24, 2.45) is 5.92 Å². The number of carbonyl (C=O) groups is 2. The van der Waals surface area contributed by atoms with E-state index in [0.717, 1.165) is 22.3 Å². The Labute approximate surface area is 146 Å². The van der Waals surface area contributed by atoms with Crippen LogP contribution in [0.2, 0.25) is 0 Å². The summed E-state index contributed by atoms with van der Waals surface area (Å²) in [6.45, 7) is 3.28. The number of amides is 2. The third kappa shape index (κ3) is 2.51. The summed E-state index contributed by atoms with van der Waals surface area (Å²) >= 11 is 0. The molecule has 4 rings (SSSR count). The van der Waals surface area contributed by atoms with Crippen molar-refractivity contribution in [1.29, 1.82) is 0 Å².